The maximum atomic E-state index is 11.6. The van der Waals surface area contributed by atoms with Gasteiger partial charge in [-0.1, -0.05) is 6.07 Å². The van der Waals surface area contributed by atoms with Gasteiger partial charge in [-0.2, -0.15) is 0 Å². The van der Waals surface area contributed by atoms with Gasteiger partial charge in [0.2, 0.25) is 5.91 Å². The molecule has 2 aliphatic heterocycles. The van der Waals surface area contributed by atoms with Crippen LogP contribution in [0, 0.1) is 0 Å². The number of nitrogens with one attached hydrogen (secondary N) is 1. The Hall–Kier alpha value is -1.62. The molecule has 19 heavy (non-hydrogen) atoms. The molecule has 0 aromatic carbocycles. The molecule has 3 heterocycles. The topological polar surface area (TPSA) is 48.5 Å². The van der Waals surface area contributed by atoms with E-state index in [4.69, 9.17) is 0 Å². The Bertz CT molecular complexity index is 476. The van der Waals surface area contributed by atoms with Crippen LogP contribution in [0.25, 0.3) is 0 Å². The molecule has 1 aromatic heterocycles. The van der Waals surface area contributed by atoms with Crippen LogP contribution in [0.2, 0.25) is 0 Å². The standard InChI is InChI=1S/C14H20N4O/c1-15-13(19)10-17-8-11-4-2-6-16-14(11)18-7-3-5-12(18)9-17/h2,4,6,12H,3,5,7-10H2,1H3,(H,15,19)/t12-/m0/s1. The summed E-state index contributed by atoms with van der Waals surface area (Å²) in [6.45, 7) is 3.31. The molecule has 0 saturated carbocycles. The lowest BCUT2D eigenvalue weighted by atomic mass is 10.2. The lowest BCUT2D eigenvalue weighted by Crippen LogP contribution is -2.41. The minimum Gasteiger partial charge on any atom is -0.358 e. The van der Waals surface area contributed by atoms with Gasteiger partial charge in [-0.25, -0.2) is 4.98 Å². The summed E-state index contributed by atoms with van der Waals surface area (Å²) < 4.78 is 0. The number of likely N-dealkylation sites (N-methyl/N-ethyl adjacent to an activating group) is 1. The van der Waals surface area contributed by atoms with E-state index in [-0.39, 0.29) is 5.91 Å². The molecular formula is C14H20N4O. The van der Waals surface area contributed by atoms with Crippen LogP contribution in [-0.2, 0) is 11.3 Å². The number of anilines is 1. The van der Waals surface area contributed by atoms with Crippen molar-refractivity contribution in [2.45, 2.75) is 25.4 Å². The molecule has 0 radical (unpaired) electrons. The molecule has 1 aromatic rings. The zero-order valence-corrected chi connectivity index (χ0v) is 11.3. The van der Waals surface area contributed by atoms with Crippen molar-refractivity contribution in [3.8, 4) is 0 Å². The van der Waals surface area contributed by atoms with E-state index in [1.165, 1.54) is 18.4 Å². The highest BCUT2D eigenvalue weighted by molar-refractivity contribution is 5.77. The molecule has 1 fully saturated rings. The summed E-state index contributed by atoms with van der Waals surface area (Å²) in [5, 5.41) is 2.71. The second-order valence-electron chi connectivity index (χ2n) is 5.32. The van der Waals surface area contributed by atoms with Gasteiger partial charge in [0.25, 0.3) is 0 Å². The maximum absolute atomic E-state index is 11.6. The van der Waals surface area contributed by atoms with Crippen molar-refractivity contribution in [1.82, 2.24) is 15.2 Å². The number of hydrogen-bond acceptors (Lipinski definition) is 4. The molecule has 3 rings (SSSR count). The van der Waals surface area contributed by atoms with Crippen LogP contribution in [0.5, 0.6) is 0 Å². The maximum Gasteiger partial charge on any atom is 0.233 e. The van der Waals surface area contributed by atoms with Crippen molar-refractivity contribution in [2.24, 2.45) is 0 Å². The molecule has 1 atom stereocenters. The normalized spacial score (nSPS) is 22.6. The fourth-order valence-electron chi connectivity index (χ4n) is 3.12. The van der Waals surface area contributed by atoms with Crippen LogP contribution in [0.15, 0.2) is 18.3 Å². The SMILES string of the molecule is CNC(=O)CN1Cc2cccnc2N2CCC[C@H]2C1. The number of carbonyl (C=O) groups excluding carboxylic acids is 1. The monoisotopic (exact) mass is 260 g/mol. The smallest absolute Gasteiger partial charge is 0.233 e. The molecule has 1 saturated heterocycles. The van der Waals surface area contributed by atoms with Crippen molar-refractivity contribution in [2.75, 3.05) is 31.6 Å². The zero-order chi connectivity index (χ0) is 13.2. The van der Waals surface area contributed by atoms with Crippen LogP contribution in [0.4, 0.5) is 5.82 Å². The molecule has 1 N–H and O–H groups in total. The van der Waals surface area contributed by atoms with E-state index in [9.17, 15) is 4.79 Å². The summed E-state index contributed by atoms with van der Waals surface area (Å²) in [5.74, 6) is 1.20. The molecule has 0 spiro atoms. The first kappa shape index (κ1) is 12.4. The molecular weight excluding hydrogens is 240 g/mol. The van der Waals surface area contributed by atoms with E-state index in [2.05, 4.69) is 26.2 Å². The largest absolute Gasteiger partial charge is 0.358 e. The summed E-state index contributed by atoms with van der Waals surface area (Å²) in [6, 6.07) is 4.61. The Morgan fingerprint density at radius 3 is 3.32 bits per heavy atom. The summed E-state index contributed by atoms with van der Waals surface area (Å²) in [7, 11) is 1.69. The van der Waals surface area contributed by atoms with Crippen LogP contribution in [-0.4, -0.2) is 48.5 Å². The lowest BCUT2D eigenvalue weighted by Gasteiger charge is -2.26. The van der Waals surface area contributed by atoms with E-state index in [1.54, 1.807) is 7.05 Å². The predicted octanol–water partition coefficient (Wildman–Crippen LogP) is 0.612. The molecule has 0 aliphatic carbocycles. The average molecular weight is 260 g/mol. The first-order valence-electron chi connectivity index (χ1n) is 6.91. The van der Waals surface area contributed by atoms with Crippen LogP contribution in [0.3, 0.4) is 0 Å². The first-order valence-corrected chi connectivity index (χ1v) is 6.91. The van der Waals surface area contributed by atoms with Crippen LogP contribution >= 0.6 is 0 Å². The zero-order valence-electron chi connectivity index (χ0n) is 11.3. The number of amides is 1. The van der Waals surface area contributed by atoms with Gasteiger partial charge in [0, 0.05) is 44.5 Å². The average Bonchev–Trinajstić information content (AvgIpc) is 2.81. The minimum atomic E-state index is 0.0805. The van der Waals surface area contributed by atoms with E-state index >= 15 is 0 Å². The molecule has 2 aliphatic rings. The van der Waals surface area contributed by atoms with Crippen LogP contribution < -0.4 is 10.2 Å². The van der Waals surface area contributed by atoms with Crippen molar-refractivity contribution in [3.05, 3.63) is 23.9 Å². The van der Waals surface area contributed by atoms with E-state index < -0.39 is 0 Å². The number of hydrogen-bond donors (Lipinski definition) is 1. The second kappa shape index (κ2) is 5.17. The fourth-order valence-corrected chi connectivity index (χ4v) is 3.12. The Kier molecular flexibility index (Phi) is 3.38. The van der Waals surface area contributed by atoms with Gasteiger partial charge >= 0.3 is 0 Å². The predicted molar refractivity (Wildman–Crippen MR) is 73.9 cm³/mol. The van der Waals surface area contributed by atoms with E-state index in [0.29, 0.717) is 12.6 Å². The third-order valence-corrected chi connectivity index (χ3v) is 4.03. The van der Waals surface area contributed by atoms with Gasteiger partial charge in [-0.15, -0.1) is 0 Å². The van der Waals surface area contributed by atoms with E-state index in [1.807, 2.05) is 12.3 Å². The van der Waals surface area contributed by atoms with Crippen molar-refractivity contribution in [1.29, 1.82) is 0 Å². The van der Waals surface area contributed by atoms with Crippen LogP contribution in [0.1, 0.15) is 18.4 Å². The fraction of sp³-hybridized carbons (Fsp3) is 0.571. The number of carbonyl (C=O) groups is 1. The number of rotatable bonds is 2. The van der Waals surface area contributed by atoms with Gasteiger partial charge in [0.05, 0.1) is 6.54 Å². The minimum absolute atomic E-state index is 0.0805. The Balaban J connectivity index is 1.87. The highest BCUT2D eigenvalue weighted by atomic mass is 16.1. The van der Waals surface area contributed by atoms with Gasteiger partial charge in [-0.05, 0) is 18.9 Å². The number of fused-ring (bicyclic) bond motifs is 3. The van der Waals surface area contributed by atoms with Gasteiger partial charge in [-0.3, -0.25) is 9.69 Å². The van der Waals surface area contributed by atoms with Gasteiger partial charge in [0.15, 0.2) is 0 Å². The summed E-state index contributed by atoms with van der Waals surface area (Å²) in [4.78, 5) is 20.8. The highest BCUT2D eigenvalue weighted by Crippen LogP contribution is 2.31. The number of nitrogens with zero attached hydrogens (tertiary/aromatic N) is 3. The van der Waals surface area contributed by atoms with Gasteiger partial charge < -0.3 is 10.2 Å². The molecule has 102 valence electrons. The van der Waals surface area contributed by atoms with Gasteiger partial charge in [0.1, 0.15) is 5.82 Å². The Morgan fingerprint density at radius 2 is 2.47 bits per heavy atom. The third-order valence-electron chi connectivity index (χ3n) is 4.03. The number of pyridine rings is 1. The molecule has 1 amide bonds. The van der Waals surface area contributed by atoms with Crippen molar-refractivity contribution >= 4 is 11.7 Å². The molecule has 5 nitrogen and oxygen atoms in total. The van der Waals surface area contributed by atoms with Crippen molar-refractivity contribution < 1.29 is 4.79 Å². The summed E-state index contributed by atoms with van der Waals surface area (Å²) >= 11 is 0. The first-order chi connectivity index (χ1) is 9.28. The molecule has 0 bridgehead atoms. The molecule has 5 heteroatoms. The highest BCUT2D eigenvalue weighted by Gasteiger charge is 2.32. The summed E-state index contributed by atoms with van der Waals surface area (Å²) in [6.07, 6.45) is 4.28. The quantitative estimate of drug-likeness (QED) is 0.846. The Morgan fingerprint density at radius 1 is 1.58 bits per heavy atom. The summed E-state index contributed by atoms with van der Waals surface area (Å²) in [5.41, 5.74) is 1.23. The van der Waals surface area contributed by atoms with Crippen molar-refractivity contribution in [3.63, 3.8) is 0 Å². The number of aromatic nitrogens is 1. The Labute approximate surface area is 113 Å². The third kappa shape index (κ3) is 2.42. The molecule has 0 unspecified atom stereocenters. The lowest BCUT2D eigenvalue weighted by molar-refractivity contribution is -0.121. The second-order valence-corrected chi connectivity index (χ2v) is 5.32. The van der Waals surface area contributed by atoms with E-state index in [0.717, 1.165) is 25.5 Å².